The topological polar surface area (TPSA) is 46.4 Å². The Morgan fingerprint density at radius 2 is 1.88 bits per heavy atom. The van der Waals surface area contributed by atoms with Gasteiger partial charge in [-0.25, -0.2) is 4.98 Å². The van der Waals surface area contributed by atoms with Crippen LogP contribution in [0.1, 0.15) is 24.2 Å². The molecule has 2 heterocycles. The molecule has 4 rings (SSSR count). The Kier molecular flexibility index (Phi) is 3.94. The zero-order chi connectivity index (χ0) is 17.2. The molecule has 124 valence electrons. The van der Waals surface area contributed by atoms with Crippen LogP contribution in [0, 0.1) is 0 Å². The lowest BCUT2D eigenvalue weighted by molar-refractivity contribution is -0.121. The van der Waals surface area contributed by atoms with E-state index in [4.69, 9.17) is 0 Å². The van der Waals surface area contributed by atoms with Gasteiger partial charge in [0.15, 0.2) is 0 Å². The van der Waals surface area contributed by atoms with E-state index in [0.717, 1.165) is 16.9 Å². The average Bonchev–Trinajstić information content (AvgIpc) is 3.03. The minimum absolute atomic E-state index is 0.0242. The lowest BCUT2D eigenvalue weighted by Crippen LogP contribution is -2.28. The molecule has 0 aliphatic carbocycles. The fraction of sp³-hybridized carbons (Fsp3) is 0.143. The van der Waals surface area contributed by atoms with Gasteiger partial charge in [0.2, 0.25) is 5.91 Å². The molecule has 0 fully saturated rings. The molecule has 25 heavy (non-hydrogen) atoms. The number of benzene rings is 2. The number of nitrogens with one attached hydrogen (secondary N) is 1. The number of fused-ring (bicyclic) bond motifs is 2. The molecule has 4 nitrogen and oxygen atoms in total. The van der Waals surface area contributed by atoms with E-state index < -0.39 is 0 Å². The minimum Gasteiger partial charge on any atom is -0.349 e. The Hall–Kier alpha value is -3.14. The SMILES string of the molecule is CC(NC(=O)Cc1cn2ccccc2n1)c1cccc2ccccc12. The smallest absolute Gasteiger partial charge is 0.226 e. The first-order valence-corrected chi connectivity index (χ1v) is 8.40. The number of carbonyl (C=O) groups is 1. The zero-order valence-electron chi connectivity index (χ0n) is 14.0. The number of rotatable bonds is 4. The predicted octanol–water partition coefficient (Wildman–Crippen LogP) is 3.91. The van der Waals surface area contributed by atoms with Gasteiger partial charge in [-0.2, -0.15) is 0 Å². The third-order valence-corrected chi connectivity index (χ3v) is 4.42. The number of aromatic nitrogens is 2. The van der Waals surface area contributed by atoms with Crippen molar-refractivity contribution < 1.29 is 4.79 Å². The molecule has 4 heteroatoms. The highest BCUT2D eigenvalue weighted by atomic mass is 16.1. The fourth-order valence-corrected chi connectivity index (χ4v) is 3.24. The van der Waals surface area contributed by atoms with E-state index in [1.807, 2.05) is 60.1 Å². The van der Waals surface area contributed by atoms with Gasteiger partial charge in [0.1, 0.15) is 5.65 Å². The molecule has 4 aromatic rings. The van der Waals surface area contributed by atoms with Crippen molar-refractivity contribution in [2.45, 2.75) is 19.4 Å². The van der Waals surface area contributed by atoms with Gasteiger partial charge in [0.25, 0.3) is 0 Å². The van der Waals surface area contributed by atoms with Crippen LogP contribution in [0.15, 0.2) is 73.1 Å². The largest absolute Gasteiger partial charge is 0.349 e. The van der Waals surface area contributed by atoms with Crippen molar-refractivity contribution in [1.82, 2.24) is 14.7 Å². The monoisotopic (exact) mass is 329 g/mol. The highest BCUT2D eigenvalue weighted by Gasteiger charge is 2.14. The summed E-state index contributed by atoms with van der Waals surface area (Å²) in [5.41, 5.74) is 2.75. The van der Waals surface area contributed by atoms with Gasteiger partial charge in [0.05, 0.1) is 18.2 Å². The summed E-state index contributed by atoms with van der Waals surface area (Å²) in [6.45, 7) is 2.02. The van der Waals surface area contributed by atoms with Crippen LogP contribution in [0.2, 0.25) is 0 Å². The summed E-state index contributed by atoms with van der Waals surface area (Å²) in [5.74, 6) is -0.0242. The molecule has 1 unspecified atom stereocenters. The lowest BCUT2D eigenvalue weighted by Gasteiger charge is -2.16. The molecule has 2 aromatic heterocycles. The van der Waals surface area contributed by atoms with Crippen LogP contribution in [0.25, 0.3) is 16.4 Å². The molecule has 1 N–H and O–H groups in total. The molecular weight excluding hydrogens is 310 g/mol. The molecule has 1 atom stereocenters. The molecule has 2 aromatic carbocycles. The molecule has 0 aliphatic heterocycles. The van der Waals surface area contributed by atoms with Crippen LogP contribution in [-0.4, -0.2) is 15.3 Å². The number of carbonyl (C=O) groups excluding carboxylic acids is 1. The van der Waals surface area contributed by atoms with E-state index in [0.29, 0.717) is 0 Å². The highest BCUT2D eigenvalue weighted by Crippen LogP contribution is 2.24. The second kappa shape index (κ2) is 6.40. The Labute approximate surface area is 146 Å². The third-order valence-electron chi connectivity index (χ3n) is 4.42. The molecule has 0 saturated heterocycles. The van der Waals surface area contributed by atoms with Crippen LogP contribution in [0.4, 0.5) is 0 Å². The Bertz CT molecular complexity index is 1010. The molecule has 0 radical (unpaired) electrons. The first-order chi connectivity index (χ1) is 12.2. The third kappa shape index (κ3) is 3.11. The van der Waals surface area contributed by atoms with Crippen LogP contribution in [0.5, 0.6) is 0 Å². The van der Waals surface area contributed by atoms with Crippen LogP contribution in [-0.2, 0) is 11.2 Å². The highest BCUT2D eigenvalue weighted by molar-refractivity contribution is 5.87. The van der Waals surface area contributed by atoms with Crippen molar-refractivity contribution in [1.29, 1.82) is 0 Å². The summed E-state index contributed by atoms with van der Waals surface area (Å²) in [6.07, 6.45) is 4.11. The molecular formula is C21H19N3O. The van der Waals surface area contributed by atoms with E-state index in [9.17, 15) is 4.79 Å². The Morgan fingerprint density at radius 1 is 1.08 bits per heavy atom. The quantitative estimate of drug-likeness (QED) is 0.617. The van der Waals surface area contributed by atoms with Crippen molar-refractivity contribution in [3.63, 3.8) is 0 Å². The van der Waals surface area contributed by atoms with Gasteiger partial charge < -0.3 is 9.72 Å². The average molecular weight is 329 g/mol. The standard InChI is InChI=1S/C21H19N3O/c1-15(18-10-6-8-16-7-2-3-9-19(16)18)22-21(25)13-17-14-24-12-5-4-11-20(24)23-17/h2-12,14-15H,13H2,1H3,(H,22,25). The Morgan fingerprint density at radius 3 is 2.76 bits per heavy atom. The molecule has 1 amide bonds. The second-order valence-electron chi connectivity index (χ2n) is 6.23. The van der Waals surface area contributed by atoms with Gasteiger partial charge in [-0.05, 0) is 35.4 Å². The van der Waals surface area contributed by atoms with Crippen LogP contribution < -0.4 is 5.32 Å². The second-order valence-corrected chi connectivity index (χ2v) is 6.23. The van der Waals surface area contributed by atoms with Crippen LogP contribution in [0.3, 0.4) is 0 Å². The first-order valence-electron chi connectivity index (χ1n) is 8.40. The number of amides is 1. The fourth-order valence-electron chi connectivity index (χ4n) is 3.24. The van der Waals surface area contributed by atoms with Crippen molar-refractivity contribution in [3.8, 4) is 0 Å². The lowest BCUT2D eigenvalue weighted by atomic mass is 9.99. The first kappa shape index (κ1) is 15.4. The van der Waals surface area contributed by atoms with E-state index in [-0.39, 0.29) is 18.4 Å². The normalized spacial score (nSPS) is 12.4. The van der Waals surface area contributed by atoms with E-state index in [1.165, 1.54) is 10.8 Å². The Balaban J connectivity index is 1.51. The van der Waals surface area contributed by atoms with Crippen molar-refractivity contribution in [3.05, 3.63) is 84.3 Å². The number of pyridine rings is 1. The summed E-state index contributed by atoms with van der Waals surface area (Å²) in [6, 6.07) is 20.2. The summed E-state index contributed by atoms with van der Waals surface area (Å²) >= 11 is 0. The number of hydrogen-bond donors (Lipinski definition) is 1. The van der Waals surface area contributed by atoms with Crippen molar-refractivity contribution in [2.24, 2.45) is 0 Å². The number of hydrogen-bond acceptors (Lipinski definition) is 2. The van der Waals surface area contributed by atoms with E-state index in [2.05, 4.69) is 34.6 Å². The molecule has 0 bridgehead atoms. The summed E-state index contributed by atoms with van der Waals surface area (Å²) in [5, 5.41) is 5.45. The predicted molar refractivity (Wildman–Crippen MR) is 99.4 cm³/mol. The molecule has 0 spiro atoms. The molecule has 0 aliphatic rings. The van der Waals surface area contributed by atoms with Gasteiger partial charge in [-0.3, -0.25) is 4.79 Å². The summed E-state index contributed by atoms with van der Waals surface area (Å²) in [7, 11) is 0. The maximum Gasteiger partial charge on any atom is 0.226 e. The molecule has 0 saturated carbocycles. The van der Waals surface area contributed by atoms with Crippen LogP contribution >= 0.6 is 0 Å². The maximum absolute atomic E-state index is 12.4. The number of nitrogens with zero attached hydrogens (tertiary/aromatic N) is 2. The van der Waals surface area contributed by atoms with Gasteiger partial charge in [-0.1, -0.05) is 48.5 Å². The van der Waals surface area contributed by atoms with Gasteiger partial charge in [0, 0.05) is 12.4 Å². The summed E-state index contributed by atoms with van der Waals surface area (Å²) < 4.78 is 1.93. The van der Waals surface area contributed by atoms with Crippen molar-refractivity contribution in [2.75, 3.05) is 0 Å². The number of imidazole rings is 1. The van der Waals surface area contributed by atoms with E-state index in [1.54, 1.807) is 0 Å². The maximum atomic E-state index is 12.4. The van der Waals surface area contributed by atoms with Gasteiger partial charge >= 0.3 is 0 Å². The zero-order valence-corrected chi connectivity index (χ0v) is 14.0. The summed E-state index contributed by atoms with van der Waals surface area (Å²) in [4.78, 5) is 16.9. The van der Waals surface area contributed by atoms with Crippen molar-refractivity contribution >= 4 is 22.3 Å². The van der Waals surface area contributed by atoms with E-state index >= 15 is 0 Å². The minimum atomic E-state index is -0.0596. The van der Waals surface area contributed by atoms with Gasteiger partial charge in [-0.15, -0.1) is 0 Å².